The number of carbonyl (C=O) groups is 2. The van der Waals surface area contributed by atoms with Gasteiger partial charge < -0.3 is 32.8 Å². The summed E-state index contributed by atoms with van der Waals surface area (Å²) in [5.74, 6) is -3.80. The Balaban J connectivity index is -0.000000405. The van der Waals surface area contributed by atoms with Gasteiger partial charge in [-0.25, -0.2) is 14.0 Å². The summed E-state index contributed by atoms with van der Waals surface area (Å²) < 4.78 is 21.8. The average Bonchev–Trinajstić information content (AvgIpc) is 2.32. The average molecular weight is 316 g/mol. The Kier molecular flexibility index (Phi) is 11.1. The standard InChI is InChI=1S/C9H13FO8.2Na.2H/c1-2-4(11)5(12)6(13)9(17-2)18-8(16)3(10)7(14)15;;;;/h2-6,9,11-13H,1H3,(H,14,15);;;;/q;2*+1;2*-1/t2-,3?,4-,5+,6+,9?;;;;/m0..../s1. The zero-order valence-corrected chi connectivity index (χ0v) is 15.3. The van der Waals surface area contributed by atoms with Crippen LogP contribution in [0.5, 0.6) is 0 Å². The van der Waals surface area contributed by atoms with Crippen LogP contribution in [-0.4, -0.2) is 69.2 Å². The maximum absolute atomic E-state index is 12.7. The fourth-order valence-electron chi connectivity index (χ4n) is 1.39. The van der Waals surface area contributed by atoms with Crippen LogP contribution < -0.4 is 59.1 Å². The van der Waals surface area contributed by atoms with Crippen LogP contribution in [0.15, 0.2) is 0 Å². The molecule has 4 N–H and O–H groups in total. The van der Waals surface area contributed by atoms with E-state index in [2.05, 4.69) is 4.74 Å². The molecule has 1 aliphatic rings. The van der Waals surface area contributed by atoms with Crippen LogP contribution >= 0.6 is 0 Å². The summed E-state index contributed by atoms with van der Waals surface area (Å²) in [6.07, 6.45) is -10.5. The first-order valence-corrected chi connectivity index (χ1v) is 5.02. The predicted octanol–water partition coefficient (Wildman–Crippen LogP) is -7.99. The molecule has 11 heteroatoms. The molecule has 0 aromatic heterocycles. The Hall–Kier alpha value is 0.710. The molecule has 108 valence electrons. The molecular formula is C9H15FNa2O8. The molecule has 0 aromatic carbocycles. The summed E-state index contributed by atoms with van der Waals surface area (Å²) in [7, 11) is 0. The third-order valence-electron chi connectivity index (χ3n) is 2.46. The molecule has 20 heavy (non-hydrogen) atoms. The van der Waals surface area contributed by atoms with Crippen molar-refractivity contribution in [1.29, 1.82) is 0 Å². The number of hydrogen-bond acceptors (Lipinski definition) is 7. The van der Waals surface area contributed by atoms with Crippen LogP contribution in [0.25, 0.3) is 0 Å². The molecule has 0 aromatic rings. The van der Waals surface area contributed by atoms with E-state index in [0.717, 1.165) is 0 Å². The van der Waals surface area contributed by atoms with Gasteiger partial charge in [0.05, 0.1) is 6.10 Å². The number of carbonyl (C=O) groups excluding carboxylic acids is 1. The molecular weight excluding hydrogens is 301 g/mol. The van der Waals surface area contributed by atoms with Gasteiger partial charge in [0.25, 0.3) is 6.17 Å². The number of aliphatic carboxylic acids is 1. The van der Waals surface area contributed by atoms with Gasteiger partial charge in [0, 0.05) is 0 Å². The normalized spacial score (nSPS) is 34.1. The minimum absolute atomic E-state index is 0. The van der Waals surface area contributed by atoms with E-state index < -0.39 is 48.8 Å². The topological polar surface area (TPSA) is 134 Å². The number of rotatable bonds is 3. The van der Waals surface area contributed by atoms with E-state index in [0.29, 0.717) is 0 Å². The first kappa shape index (κ1) is 23.0. The molecule has 6 atom stereocenters. The Bertz CT molecular complexity index is 354. The first-order valence-electron chi connectivity index (χ1n) is 5.02. The molecule has 2 unspecified atom stereocenters. The van der Waals surface area contributed by atoms with Gasteiger partial charge in [-0.1, -0.05) is 0 Å². The predicted molar refractivity (Wildman–Crippen MR) is 53.2 cm³/mol. The van der Waals surface area contributed by atoms with Crippen molar-refractivity contribution in [3.05, 3.63) is 0 Å². The Morgan fingerprint density at radius 3 is 2.15 bits per heavy atom. The molecule has 0 saturated carbocycles. The Labute approximate surface area is 160 Å². The Morgan fingerprint density at radius 2 is 1.70 bits per heavy atom. The third kappa shape index (κ3) is 5.48. The number of ether oxygens (including phenoxy) is 2. The summed E-state index contributed by atoms with van der Waals surface area (Å²) >= 11 is 0. The molecule has 8 nitrogen and oxygen atoms in total. The van der Waals surface area contributed by atoms with Crippen molar-refractivity contribution in [3.63, 3.8) is 0 Å². The second-order valence-electron chi connectivity index (χ2n) is 3.82. The van der Waals surface area contributed by atoms with Crippen LogP contribution in [-0.2, 0) is 19.1 Å². The van der Waals surface area contributed by atoms with Gasteiger partial charge in [-0.15, -0.1) is 0 Å². The van der Waals surface area contributed by atoms with Crippen molar-refractivity contribution in [2.75, 3.05) is 0 Å². The smallest absolute Gasteiger partial charge is 1.00 e. The molecule has 1 fully saturated rings. The third-order valence-corrected chi connectivity index (χ3v) is 2.46. The molecule has 0 aliphatic carbocycles. The molecule has 1 rings (SSSR count). The van der Waals surface area contributed by atoms with Crippen molar-refractivity contribution in [2.24, 2.45) is 0 Å². The molecule has 0 spiro atoms. The van der Waals surface area contributed by atoms with Crippen LogP contribution in [0.2, 0.25) is 0 Å². The maximum atomic E-state index is 12.7. The van der Waals surface area contributed by atoms with Gasteiger partial charge in [-0.3, -0.25) is 0 Å². The molecule has 1 saturated heterocycles. The summed E-state index contributed by atoms with van der Waals surface area (Å²) in [4.78, 5) is 21.2. The number of carboxylic acid groups (broad SMARTS) is 1. The van der Waals surface area contributed by atoms with Gasteiger partial charge in [-0.2, -0.15) is 0 Å². The minimum Gasteiger partial charge on any atom is -1.00 e. The van der Waals surface area contributed by atoms with Crippen molar-refractivity contribution in [3.8, 4) is 0 Å². The molecule has 0 amide bonds. The number of aliphatic hydroxyl groups is 3. The number of halogens is 1. The van der Waals surface area contributed by atoms with Crippen molar-refractivity contribution in [2.45, 2.75) is 43.8 Å². The maximum Gasteiger partial charge on any atom is 1.00 e. The molecule has 0 bridgehead atoms. The van der Waals surface area contributed by atoms with Crippen LogP contribution in [0.1, 0.15) is 9.78 Å². The van der Waals surface area contributed by atoms with Crippen LogP contribution in [0.4, 0.5) is 4.39 Å². The largest absolute Gasteiger partial charge is 1.00 e. The van der Waals surface area contributed by atoms with E-state index in [4.69, 9.17) is 9.84 Å². The zero-order valence-electron chi connectivity index (χ0n) is 13.3. The van der Waals surface area contributed by atoms with Gasteiger partial charge in [-0.05, 0) is 6.92 Å². The number of hydrogen-bond donors (Lipinski definition) is 4. The van der Waals surface area contributed by atoms with Gasteiger partial charge in [0.15, 0.2) is 0 Å². The Morgan fingerprint density at radius 1 is 1.20 bits per heavy atom. The van der Waals surface area contributed by atoms with Gasteiger partial charge in [0.2, 0.25) is 6.29 Å². The van der Waals surface area contributed by atoms with Crippen molar-refractivity contribution < 1.29 is 106 Å². The van der Waals surface area contributed by atoms with Crippen molar-refractivity contribution >= 4 is 11.9 Å². The monoisotopic (exact) mass is 316 g/mol. The van der Waals surface area contributed by atoms with Gasteiger partial charge in [0.1, 0.15) is 18.3 Å². The summed E-state index contributed by atoms with van der Waals surface area (Å²) in [5.41, 5.74) is 0. The van der Waals surface area contributed by atoms with Crippen LogP contribution in [0.3, 0.4) is 0 Å². The van der Waals surface area contributed by atoms with Gasteiger partial charge >= 0.3 is 71.1 Å². The van der Waals surface area contributed by atoms with E-state index >= 15 is 0 Å². The van der Waals surface area contributed by atoms with E-state index in [-0.39, 0.29) is 62.0 Å². The SMILES string of the molecule is C[C@@H]1OC(OC(=O)C(F)C(=O)O)[C@H](O)[C@H](O)[C@H]1O.[H-].[H-].[Na+].[Na+]. The van der Waals surface area contributed by atoms with E-state index in [1.165, 1.54) is 6.92 Å². The van der Waals surface area contributed by atoms with Crippen LogP contribution in [0, 0.1) is 0 Å². The molecule has 0 radical (unpaired) electrons. The fraction of sp³-hybridized carbons (Fsp3) is 0.778. The number of carboxylic acids is 1. The zero-order chi connectivity index (χ0) is 14.0. The summed E-state index contributed by atoms with van der Waals surface area (Å²) in [6.45, 7) is 1.32. The first-order chi connectivity index (χ1) is 8.25. The number of esters is 1. The molecule has 1 aliphatic heterocycles. The van der Waals surface area contributed by atoms with E-state index in [1.807, 2.05) is 0 Å². The van der Waals surface area contributed by atoms with E-state index in [9.17, 15) is 29.3 Å². The fourth-order valence-corrected chi connectivity index (χ4v) is 1.39. The number of alkyl halides is 1. The molecule has 1 heterocycles. The quantitative estimate of drug-likeness (QED) is 0.229. The summed E-state index contributed by atoms with van der Waals surface area (Å²) in [6, 6.07) is 0. The van der Waals surface area contributed by atoms with E-state index in [1.54, 1.807) is 0 Å². The summed E-state index contributed by atoms with van der Waals surface area (Å²) in [5, 5.41) is 36.3. The second kappa shape index (κ2) is 9.67. The second-order valence-corrected chi connectivity index (χ2v) is 3.82. The van der Waals surface area contributed by atoms with Crippen molar-refractivity contribution in [1.82, 2.24) is 0 Å². The number of aliphatic hydroxyl groups excluding tert-OH is 3. The minimum atomic E-state index is -2.92.